The average molecular weight is 364 g/mol. The van der Waals surface area contributed by atoms with Gasteiger partial charge in [-0.2, -0.15) is 0 Å². The van der Waals surface area contributed by atoms with Crippen LogP contribution >= 0.6 is 0 Å². The molecule has 1 aromatic heterocycles. The zero-order chi connectivity index (χ0) is 18.9. The van der Waals surface area contributed by atoms with Crippen LogP contribution in [-0.4, -0.2) is 30.8 Å². The summed E-state index contributed by atoms with van der Waals surface area (Å²) < 4.78 is 12.9. The number of aromatic nitrogens is 1. The highest BCUT2D eigenvalue weighted by Gasteiger charge is 2.41. The number of ether oxygens (including phenoxy) is 2. The molecule has 1 amide bonds. The number of anilines is 1. The van der Waals surface area contributed by atoms with E-state index in [9.17, 15) is 4.79 Å². The largest absolute Gasteiger partial charge is 0.497 e. The second kappa shape index (κ2) is 7.08. The Morgan fingerprint density at radius 3 is 2.56 bits per heavy atom. The summed E-state index contributed by atoms with van der Waals surface area (Å²) in [6.45, 7) is 1.16. The summed E-state index contributed by atoms with van der Waals surface area (Å²) in [5.41, 5.74) is 2.35. The van der Waals surface area contributed by atoms with E-state index in [4.69, 9.17) is 9.47 Å². The molecule has 1 aliphatic rings. The highest BCUT2D eigenvalue weighted by atomic mass is 16.5. The number of hydrogen-bond acceptors (Lipinski definition) is 3. The number of carbonyl (C=O) groups excluding carboxylic acids is 1. The second-order valence-corrected chi connectivity index (χ2v) is 7.04. The van der Waals surface area contributed by atoms with Crippen molar-refractivity contribution in [2.45, 2.75) is 18.3 Å². The SMILES string of the molecule is COc1ccc(C2(C(=O)Nc3cccc4c3ccn4C)CCOCC2)cc1. The average Bonchev–Trinajstić information content (AvgIpc) is 3.10. The number of nitrogens with zero attached hydrogens (tertiary/aromatic N) is 1. The van der Waals surface area contributed by atoms with Crippen LogP contribution in [0.3, 0.4) is 0 Å². The van der Waals surface area contributed by atoms with Gasteiger partial charge in [0.15, 0.2) is 0 Å². The zero-order valence-corrected chi connectivity index (χ0v) is 15.7. The minimum absolute atomic E-state index is 0.0207. The van der Waals surface area contributed by atoms with Crippen molar-refractivity contribution in [1.82, 2.24) is 4.57 Å². The maximum atomic E-state index is 13.5. The summed E-state index contributed by atoms with van der Waals surface area (Å²) in [6.07, 6.45) is 3.33. The Hall–Kier alpha value is -2.79. The number of benzene rings is 2. The molecule has 3 aromatic rings. The number of methoxy groups -OCH3 is 1. The van der Waals surface area contributed by atoms with E-state index < -0.39 is 5.41 Å². The van der Waals surface area contributed by atoms with Crippen LogP contribution in [0.1, 0.15) is 18.4 Å². The summed E-state index contributed by atoms with van der Waals surface area (Å²) in [5, 5.41) is 4.24. The molecule has 27 heavy (non-hydrogen) atoms. The highest BCUT2D eigenvalue weighted by molar-refractivity contribution is 6.05. The molecular weight excluding hydrogens is 340 g/mol. The lowest BCUT2D eigenvalue weighted by atomic mass is 9.73. The maximum Gasteiger partial charge on any atom is 0.235 e. The molecule has 0 aliphatic carbocycles. The van der Waals surface area contributed by atoms with Crippen LogP contribution in [0.5, 0.6) is 5.75 Å². The molecule has 1 N–H and O–H groups in total. The van der Waals surface area contributed by atoms with Crippen molar-refractivity contribution < 1.29 is 14.3 Å². The van der Waals surface area contributed by atoms with E-state index in [1.807, 2.05) is 55.7 Å². The molecule has 0 spiro atoms. The van der Waals surface area contributed by atoms with Crippen LogP contribution in [-0.2, 0) is 22.0 Å². The van der Waals surface area contributed by atoms with E-state index in [0.29, 0.717) is 26.1 Å². The number of amides is 1. The number of nitrogens with one attached hydrogen (secondary N) is 1. The minimum Gasteiger partial charge on any atom is -0.497 e. The molecule has 1 saturated heterocycles. The van der Waals surface area contributed by atoms with Crippen LogP contribution in [0.4, 0.5) is 5.69 Å². The van der Waals surface area contributed by atoms with Gasteiger partial charge in [-0.15, -0.1) is 0 Å². The fourth-order valence-electron chi connectivity index (χ4n) is 3.93. The number of carbonyl (C=O) groups is 1. The molecular formula is C22H24N2O3. The van der Waals surface area contributed by atoms with Gasteiger partial charge in [0, 0.05) is 37.4 Å². The van der Waals surface area contributed by atoms with Crippen molar-refractivity contribution in [2.75, 3.05) is 25.6 Å². The summed E-state index contributed by atoms with van der Waals surface area (Å²) >= 11 is 0. The second-order valence-electron chi connectivity index (χ2n) is 7.04. The van der Waals surface area contributed by atoms with E-state index in [1.54, 1.807) is 7.11 Å². The third kappa shape index (κ3) is 3.08. The van der Waals surface area contributed by atoms with Crippen molar-refractivity contribution >= 4 is 22.5 Å². The van der Waals surface area contributed by atoms with Crippen molar-refractivity contribution in [1.29, 1.82) is 0 Å². The van der Waals surface area contributed by atoms with Gasteiger partial charge in [0.25, 0.3) is 0 Å². The highest BCUT2D eigenvalue weighted by Crippen LogP contribution is 2.37. The molecule has 4 rings (SSSR count). The van der Waals surface area contributed by atoms with E-state index in [2.05, 4.69) is 16.0 Å². The fraction of sp³-hybridized carbons (Fsp3) is 0.318. The predicted molar refractivity (Wildman–Crippen MR) is 106 cm³/mol. The monoisotopic (exact) mass is 364 g/mol. The first kappa shape index (κ1) is 17.6. The van der Waals surface area contributed by atoms with Gasteiger partial charge in [-0.25, -0.2) is 0 Å². The first-order valence-electron chi connectivity index (χ1n) is 9.22. The van der Waals surface area contributed by atoms with Crippen LogP contribution in [0.15, 0.2) is 54.7 Å². The molecule has 0 bridgehead atoms. The quantitative estimate of drug-likeness (QED) is 0.764. The molecule has 0 radical (unpaired) electrons. The van der Waals surface area contributed by atoms with Crippen LogP contribution in [0.2, 0.25) is 0 Å². The lowest BCUT2D eigenvalue weighted by molar-refractivity contribution is -0.125. The van der Waals surface area contributed by atoms with Crippen molar-refractivity contribution in [3.05, 3.63) is 60.3 Å². The molecule has 2 aromatic carbocycles. The van der Waals surface area contributed by atoms with E-state index in [1.165, 1.54) is 0 Å². The van der Waals surface area contributed by atoms with Crippen molar-refractivity contribution in [2.24, 2.45) is 7.05 Å². The Kier molecular flexibility index (Phi) is 4.62. The molecule has 1 fully saturated rings. The summed E-state index contributed by atoms with van der Waals surface area (Å²) in [6, 6.07) is 15.8. The molecule has 2 heterocycles. The lowest BCUT2D eigenvalue weighted by Gasteiger charge is -2.36. The van der Waals surface area contributed by atoms with Crippen LogP contribution in [0, 0.1) is 0 Å². The number of aryl methyl sites for hydroxylation is 1. The predicted octanol–water partition coefficient (Wildman–Crippen LogP) is 3.87. The molecule has 0 unspecified atom stereocenters. The van der Waals surface area contributed by atoms with Gasteiger partial charge >= 0.3 is 0 Å². The Morgan fingerprint density at radius 2 is 1.85 bits per heavy atom. The first-order chi connectivity index (χ1) is 13.1. The van der Waals surface area contributed by atoms with E-state index in [-0.39, 0.29) is 5.91 Å². The topological polar surface area (TPSA) is 52.5 Å². The third-order valence-corrected chi connectivity index (χ3v) is 5.60. The van der Waals surface area contributed by atoms with Gasteiger partial charge in [0.1, 0.15) is 5.75 Å². The zero-order valence-electron chi connectivity index (χ0n) is 15.7. The van der Waals surface area contributed by atoms with Gasteiger partial charge in [0.2, 0.25) is 5.91 Å². The summed E-state index contributed by atoms with van der Waals surface area (Å²) in [7, 11) is 3.65. The van der Waals surface area contributed by atoms with Crippen molar-refractivity contribution in [3.8, 4) is 5.75 Å². The van der Waals surface area contributed by atoms with Gasteiger partial charge in [0.05, 0.1) is 18.2 Å². The van der Waals surface area contributed by atoms with Gasteiger partial charge in [-0.3, -0.25) is 4.79 Å². The van der Waals surface area contributed by atoms with E-state index >= 15 is 0 Å². The number of hydrogen-bond donors (Lipinski definition) is 1. The molecule has 140 valence electrons. The molecule has 0 atom stereocenters. The molecule has 5 nitrogen and oxygen atoms in total. The Balaban J connectivity index is 1.70. The molecule has 5 heteroatoms. The first-order valence-corrected chi connectivity index (χ1v) is 9.22. The van der Waals surface area contributed by atoms with Crippen LogP contribution in [0.25, 0.3) is 10.9 Å². The van der Waals surface area contributed by atoms with Crippen molar-refractivity contribution in [3.63, 3.8) is 0 Å². The van der Waals surface area contributed by atoms with Gasteiger partial charge in [-0.1, -0.05) is 18.2 Å². The number of rotatable bonds is 4. The fourth-order valence-corrected chi connectivity index (χ4v) is 3.93. The lowest BCUT2D eigenvalue weighted by Crippen LogP contribution is -2.44. The Bertz CT molecular complexity index is 953. The Morgan fingerprint density at radius 1 is 1.11 bits per heavy atom. The van der Waals surface area contributed by atoms with E-state index in [0.717, 1.165) is 27.9 Å². The molecule has 0 saturated carbocycles. The normalized spacial score (nSPS) is 16.2. The summed E-state index contributed by atoms with van der Waals surface area (Å²) in [5.74, 6) is 0.808. The van der Waals surface area contributed by atoms with Gasteiger partial charge in [-0.05, 0) is 48.7 Å². The smallest absolute Gasteiger partial charge is 0.235 e. The minimum atomic E-state index is -0.596. The van der Waals surface area contributed by atoms with Gasteiger partial charge < -0.3 is 19.4 Å². The standard InChI is InChI=1S/C22H24N2O3/c1-24-13-10-18-19(4-3-5-20(18)24)23-21(25)22(11-14-27-15-12-22)16-6-8-17(26-2)9-7-16/h3-10,13H,11-12,14-15H2,1-2H3,(H,23,25). The summed E-state index contributed by atoms with van der Waals surface area (Å²) in [4.78, 5) is 13.5. The molecule has 1 aliphatic heterocycles. The Labute approximate surface area is 158 Å². The third-order valence-electron chi connectivity index (χ3n) is 5.60. The number of fused-ring (bicyclic) bond motifs is 1. The maximum absolute atomic E-state index is 13.5. The van der Waals surface area contributed by atoms with Crippen LogP contribution < -0.4 is 10.1 Å².